The van der Waals surface area contributed by atoms with Gasteiger partial charge in [-0.2, -0.15) is 0 Å². The lowest BCUT2D eigenvalue weighted by molar-refractivity contribution is 0.101. The summed E-state index contributed by atoms with van der Waals surface area (Å²) in [5, 5.41) is 0. The summed E-state index contributed by atoms with van der Waals surface area (Å²) in [6.07, 6.45) is 1.72. The van der Waals surface area contributed by atoms with Crippen LogP contribution in [0.4, 0.5) is 0 Å². The summed E-state index contributed by atoms with van der Waals surface area (Å²) < 4.78 is 0. The third-order valence-electron chi connectivity index (χ3n) is 3.23. The molecule has 21 heavy (non-hydrogen) atoms. The number of aromatic nitrogens is 2. The van der Waals surface area contributed by atoms with Crippen molar-refractivity contribution in [2.45, 2.75) is 6.92 Å². The van der Waals surface area contributed by atoms with Gasteiger partial charge in [0.1, 0.15) is 0 Å². The summed E-state index contributed by atoms with van der Waals surface area (Å²) in [4.78, 5) is 20.7. The van der Waals surface area contributed by atoms with Crippen molar-refractivity contribution in [3.8, 4) is 22.6 Å². The van der Waals surface area contributed by atoms with E-state index < -0.39 is 0 Å². The predicted octanol–water partition coefficient (Wildman–Crippen LogP) is 4.01. The van der Waals surface area contributed by atoms with Crippen molar-refractivity contribution in [1.29, 1.82) is 0 Å². The Kier molecular flexibility index (Phi) is 3.56. The number of carbonyl (C=O) groups excluding carboxylic acids is 1. The molecule has 1 aromatic carbocycles. The van der Waals surface area contributed by atoms with Crippen LogP contribution in [-0.2, 0) is 0 Å². The summed E-state index contributed by atoms with van der Waals surface area (Å²) in [6.45, 7) is 1.56. The molecule has 0 aliphatic rings. The second-order valence-corrected chi connectivity index (χ2v) is 4.76. The number of benzene rings is 1. The van der Waals surface area contributed by atoms with Crippen LogP contribution in [0.1, 0.15) is 17.3 Å². The fraction of sp³-hybridized carbons (Fsp3) is 0.0556. The largest absolute Gasteiger partial charge is 0.295 e. The fourth-order valence-electron chi connectivity index (χ4n) is 2.14. The van der Waals surface area contributed by atoms with Crippen molar-refractivity contribution in [3.63, 3.8) is 0 Å². The Labute approximate surface area is 123 Å². The van der Waals surface area contributed by atoms with Gasteiger partial charge in [0.25, 0.3) is 0 Å². The molecule has 0 aliphatic heterocycles. The molecule has 0 amide bonds. The maximum Gasteiger partial charge on any atom is 0.159 e. The molecule has 0 saturated heterocycles. The minimum absolute atomic E-state index is 0.0202. The minimum Gasteiger partial charge on any atom is -0.295 e. The molecule has 3 nitrogen and oxygen atoms in total. The standard InChI is InChI=1S/C18H14N2O/c1-13(21)15-11-17(14-7-3-2-4-8-14)20-18(12-15)16-9-5-6-10-19-16/h2-12H,1H3. The highest BCUT2D eigenvalue weighted by atomic mass is 16.1. The highest BCUT2D eigenvalue weighted by molar-refractivity contribution is 5.96. The van der Waals surface area contributed by atoms with E-state index in [1.807, 2.05) is 54.6 Å². The summed E-state index contributed by atoms with van der Waals surface area (Å²) in [5.74, 6) is 0.0202. The van der Waals surface area contributed by atoms with Gasteiger partial charge in [-0.1, -0.05) is 36.4 Å². The molecule has 0 atom stereocenters. The number of rotatable bonds is 3. The molecule has 3 rings (SSSR count). The van der Waals surface area contributed by atoms with Gasteiger partial charge in [0.2, 0.25) is 0 Å². The average Bonchev–Trinajstić information content (AvgIpc) is 2.56. The summed E-state index contributed by atoms with van der Waals surface area (Å²) in [7, 11) is 0. The Hall–Kier alpha value is -2.81. The number of hydrogen-bond donors (Lipinski definition) is 0. The van der Waals surface area contributed by atoms with E-state index in [-0.39, 0.29) is 5.78 Å². The van der Waals surface area contributed by atoms with Gasteiger partial charge < -0.3 is 0 Å². The molecule has 3 heteroatoms. The maximum atomic E-state index is 11.8. The van der Waals surface area contributed by atoms with Gasteiger partial charge in [0.15, 0.2) is 5.78 Å². The van der Waals surface area contributed by atoms with E-state index in [1.54, 1.807) is 19.2 Å². The van der Waals surface area contributed by atoms with E-state index in [1.165, 1.54) is 0 Å². The van der Waals surface area contributed by atoms with Crippen molar-refractivity contribution >= 4 is 5.78 Å². The van der Waals surface area contributed by atoms with Crippen molar-refractivity contribution < 1.29 is 4.79 Å². The number of nitrogens with zero attached hydrogens (tertiary/aromatic N) is 2. The van der Waals surface area contributed by atoms with Gasteiger partial charge in [-0.3, -0.25) is 9.78 Å². The SMILES string of the molecule is CC(=O)c1cc(-c2ccccc2)nc(-c2ccccn2)c1. The summed E-state index contributed by atoms with van der Waals surface area (Å²) >= 11 is 0. The maximum absolute atomic E-state index is 11.8. The molecule has 0 bridgehead atoms. The molecule has 0 radical (unpaired) electrons. The van der Waals surface area contributed by atoms with Crippen LogP contribution >= 0.6 is 0 Å². The molecule has 0 aliphatic carbocycles. The zero-order chi connectivity index (χ0) is 14.7. The molecule has 2 heterocycles. The molecule has 2 aromatic heterocycles. The minimum atomic E-state index is 0.0202. The molecular weight excluding hydrogens is 260 g/mol. The lowest BCUT2D eigenvalue weighted by atomic mass is 10.0. The molecule has 102 valence electrons. The van der Waals surface area contributed by atoms with Crippen LogP contribution in [0.5, 0.6) is 0 Å². The lowest BCUT2D eigenvalue weighted by Gasteiger charge is -2.07. The quantitative estimate of drug-likeness (QED) is 0.678. The first kappa shape index (κ1) is 13.2. The van der Waals surface area contributed by atoms with E-state index >= 15 is 0 Å². The Bertz CT molecular complexity index is 710. The van der Waals surface area contributed by atoms with Gasteiger partial charge in [-0.25, -0.2) is 4.98 Å². The number of hydrogen-bond acceptors (Lipinski definition) is 3. The Morgan fingerprint density at radius 2 is 1.57 bits per heavy atom. The average molecular weight is 274 g/mol. The van der Waals surface area contributed by atoms with Crippen LogP contribution in [0, 0.1) is 0 Å². The van der Waals surface area contributed by atoms with E-state index in [9.17, 15) is 4.79 Å². The highest BCUT2D eigenvalue weighted by Crippen LogP contribution is 2.23. The molecule has 0 spiro atoms. The van der Waals surface area contributed by atoms with Gasteiger partial charge in [0, 0.05) is 17.3 Å². The first-order valence-electron chi connectivity index (χ1n) is 6.74. The molecule has 0 N–H and O–H groups in total. The first-order valence-corrected chi connectivity index (χ1v) is 6.74. The van der Waals surface area contributed by atoms with Crippen LogP contribution in [-0.4, -0.2) is 15.8 Å². The van der Waals surface area contributed by atoms with E-state index in [0.29, 0.717) is 11.3 Å². The van der Waals surface area contributed by atoms with Crippen LogP contribution in [0.3, 0.4) is 0 Å². The Balaban J connectivity index is 2.18. The monoisotopic (exact) mass is 274 g/mol. The van der Waals surface area contributed by atoms with Crippen molar-refractivity contribution in [2.24, 2.45) is 0 Å². The van der Waals surface area contributed by atoms with Gasteiger partial charge in [-0.05, 0) is 31.2 Å². The fourth-order valence-corrected chi connectivity index (χ4v) is 2.14. The van der Waals surface area contributed by atoms with E-state index in [2.05, 4.69) is 9.97 Å². The number of pyridine rings is 2. The smallest absolute Gasteiger partial charge is 0.159 e. The third kappa shape index (κ3) is 2.87. The second-order valence-electron chi connectivity index (χ2n) is 4.76. The molecule has 0 unspecified atom stereocenters. The normalized spacial score (nSPS) is 10.3. The van der Waals surface area contributed by atoms with Crippen molar-refractivity contribution in [2.75, 3.05) is 0 Å². The zero-order valence-electron chi connectivity index (χ0n) is 11.7. The number of ketones is 1. The number of carbonyl (C=O) groups is 1. The van der Waals surface area contributed by atoms with Crippen molar-refractivity contribution in [1.82, 2.24) is 9.97 Å². The molecule has 0 fully saturated rings. The summed E-state index contributed by atoms with van der Waals surface area (Å²) in [5.41, 5.74) is 3.88. The van der Waals surface area contributed by atoms with Crippen LogP contribution in [0.25, 0.3) is 22.6 Å². The second kappa shape index (κ2) is 5.67. The first-order chi connectivity index (χ1) is 10.2. The van der Waals surface area contributed by atoms with Crippen molar-refractivity contribution in [3.05, 3.63) is 72.4 Å². The Morgan fingerprint density at radius 3 is 2.24 bits per heavy atom. The third-order valence-corrected chi connectivity index (χ3v) is 3.23. The lowest BCUT2D eigenvalue weighted by Crippen LogP contribution is -1.98. The van der Waals surface area contributed by atoms with E-state index in [0.717, 1.165) is 17.0 Å². The molecular formula is C18H14N2O. The highest BCUT2D eigenvalue weighted by Gasteiger charge is 2.10. The van der Waals surface area contributed by atoms with Crippen LogP contribution < -0.4 is 0 Å². The predicted molar refractivity (Wildman–Crippen MR) is 82.9 cm³/mol. The molecule has 0 saturated carbocycles. The molecule has 3 aromatic rings. The zero-order valence-corrected chi connectivity index (χ0v) is 11.7. The van der Waals surface area contributed by atoms with Gasteiger partial charge in [-0.15, -0.1) is 0 Å². The van der Waals surface area contributed by atoms with E-state index in [4.69, 9.17) is 0 Å². The van der Waals surface area contributed by atoms with Gasteiger partial charge in [0.05, 0.1) is 17.1 Å². The number of Topliss-reactive ketones (excluding diaryl/α,β-unsaturated/α-hetero) is 1. The van der Waals surface area contributed by atoms with Crippen LogP contribution in [0.2, 0.25) is 0 Å². The summed E-state index contributed by atoms with van der Waals surface area (Å²) in [6, 6.07) is 19.1. The topological polar surface area (TPSA) is 42.9 Å². The van der Waals surface area contributed by atoms with Gasteiger partial charge >= 0.3 is 0 Å². The van der Waals surface area contributed by atoms with Crippen LogP contribution in [0.15, 0.2) is 66.9 Å². The Morgan fingerprint density at radius 1 is 0.857 bits per heavy atom.